The molecule has 0 saturated carbocycles. The molecule has 0 fully saturated rings. The van der Waals surface area contributed by atoms with E-state index >= 15 is 0 Å². The molecule has 0 aliphatic heterocycles. The molecule has 104 valence electrons. The maximum Gasteiger partial charge on any atom is 0.258 e. The first-order valence-corrected chi connectivity index (χ1v) is 6.25. The van der Waals surface area contributed by atoms with Crippen molar-refractivity contribution in [2.45, 2.75) is 0 Å². The fourth-order valence-electron chi connectivity index (χ4n) is 1.62. The van der Waals surface area contributed by atoms with Crippen molar-refractivity contribution in [3.63, 3.8) is 0 Å². The van der Waals surface area contributed by atoms with Crippen molar-refractivity contribution in [3.05, 3.63) is 53.1 Å². The standard InChI is InChI=1S/C14H13ClFN3O/c1-19(2)11-5-3-10(4-6-11)18-14(20)12-7-9(16)8-17-13(12)15/h3-8H,1-2H3,(H,18,20). The van der Waals surface area contributed by atoms with E-state index in [1.807, 2.05) is 31.1 Å². The van der Waals surface area contributed by atoms with Crippen LogP contribution in [0.15, 0.2) is 36.5 Å². The number of pyridine rings is 1. The highest BCUT2D eigenvalue weighted by Gasteiger charge is 2.13. The lowest BCUT2D eigenvalue weighted by atomic mass is 10.2. The first-order chi connectivity index (χ1) is 9.47. The van der Waals surface area contributed by atoms with Crippen molar-refractivity contribution < 1.29 is 9.18 Å². The number of carbonyl (C=O) groups is 1. The molecular weight excluding hydrogens is 281 g/mol. The van der Waals surface area contributed by atoms with Crippen LogP contribution >= 0.6 is 11.6 Å². The van der Waals surface area contributed by atoms with E-state index in [0.29, 0.717) is 5.69 Å². The Labute approximate surface area is 121 Å². The molecule has 1 aromatic carbocycles. The largest absolute Gasteiger partial charge is 0.378 e. The lowest BCUT2D eigenvalue weighted by Gasteiger charge is -2.13. The van der Waals surface area contributed by atoms with Gasteiger partial charge in [-0.3, -0.25) is 4.79 Å². The van der Waals surface area contributed by atoms with E-state index in [1.165, 1.54) is 0 Å². The zero-order valence-electron chi connectivity index (χ0n) is 11.0. The SMILES string of the molecule is CN(C)c1ccc(NC(=O)c2cc(F)cnc2Cl)cc1. The molecule has 0 aliphatic carbocycles. The summed E-state index contributed by atoms with van der Waals surface area (Å²) < 4.78 is 13.1. The maximum absolute atomic E-state index is 13.1. The highest BCUT2D eigenvalue weighted by molar-refractivity contribution is 6.33. The minimum Gasteiger partial charge on any atom is -0.378 e. The summed E-state index contributed by atoms with van der Waals surface area (Å²) in [6.07, 6.45) is 0.963. The molecular formula is C14H13ClFN3O. The third kappa shape index (κ3) is 3.24. The number of aromatic nitrogens is 1. The molecule has 2 aromatic rings. The second-order valence-corrected chi connectivity index (χ2v) is 4.75. The molecule has 6 heteroatoms. The summed E-state index contributed by atoms with van der Waals surface area (Å²) >= 11 is 5.78. The van der Waals surface area contributed by atoms with E-state index in [9.17, 15) is 9.18 Å². The Hall–Kier alpha value is -2.14. The van der Waals surface area contributed by atoms with Gasteiger partial charge in [0.2, 0.25) is 0 Å². The Morgan fingerprint density at radius 2 is 1.95 bits per heavy atom. The van der Waals surface area contributed by atoms with Crippen LogP contribution < -0.4 is 10.2 Å². The minimum atomic E-state index is -0.609. The van der Waals surface area contributed by atoms with Crippen molar-refractivity contribution in [2.75, 3.05) is 24.3 Å². The van der Waals surface area contributed by atoms with Crippen LogP contribution in [0.3, 0.4) is 0 Å². The van der Waals surface area contributed by atoms with Crippen LogP contribution in [0, 0.1) is 5.82 Å². The molecule has 0 unspecified atom stereocenters. The number of amides is 1. The van der Waals surface area contributed by atoms with Gasteiger partial charge in [0.05, 0.1) is 11.8 Å². The quantitative estimate of drug-likeness (QED) is 0.884. The zero-order chi connectivity index (χ0) is 14.7. The Morgan fingerprint density at radius 3 is 2.55 bits per heavy atom. The van der Waals surface area contributed by atoms with Gasteiger partial charge >= 0.3 is 0 Å². The summed E-state index contributed by atoms with van der Waals surface area (Å²) in [6, 6.07) is 8.29. The second kappa shape index (κ2) is 5.88. The van der Waals surface area contributed by atoms with E-state index in [1.54, 1.807) is 12.1 Å². The van der Waals surface area contributed by atoms with Gasteiger partial charge in [-0.25, -0.2) is 9.37 Å². The summed E-state index contributed by atoms with van der Waals surface area (Å²) in [7, 11) is 3.84. The molecule has 1 amide bonds. The maximum atomic E-state index is 13.1. The number of anilines is 2. The van der Waals surface area contributed by atoms with Gasteiger partial charge in [0, 0.05) is 25.5 Å². The van der Waals surface area contributed by atoms with Crippen molar-refractivity contribution in [1.82, 2.24) is 4.98 Å². The van der Waals surface area contributed by atoms with Gasteiger partial charge in [0.25, 0.3) is 5.91 Å². The van der Waals surface area contributed by atoms with Crippen LogP contribution in [0.1, 0.15) is 10.4 Å². The fraction of sp³-hybridized carbons (Fsp3) is 0.143. The third-order valence-corrected chi connectivity index (χ3v) is 2.99. The van der Waals surface area contributed by atoms with Gasteiger partial charge in [0.15, 0.2) is 0 Å². The molecule has 0 spiro atoms. The van der Waals surface area contributed by atoms with Crippen LogP contribution in [0.25, 0.3) is 0 Å². The number of carbonyl (C=O) groups excluding carboxylic acids is 1. The molecule has 1 aromatic heterocycles. The molecule has 0 radical (unpaired) electrons. The molecule has 20 heavy (non-hydrogen) atoms. The molecule has 0 saturated heterocycles. The Balaban J connectivity index is 2.17. The summed E-state index contributed by atoms with van der Waals surface area (Å²) in [5.74, 6) is -1.11. The molecule has 0 atom stereocenters. The van der Waals surface area contributed by atoms with Gasteiger partial charge < -0.3 is 10.2 Å². The third-order valence-electron chi connectivity index (χ3n) is 2.69. The van der Waals surface area contributed by atoms with Crippen LogP contribution in [0.5, 0.6) is 0 Å². The highest BCUT2D eigenvalue weighted by Crippen LogP contribution is 2.19. The van der Waals surface area contributed by atoms with E-state index in [-0.39, 0.29) is 10.7 Å². The number of hydrogen-bond acceptors (Lipinski definition) is 3. The first-order valence-electron chi connectivity index (χ1n) is 5.87. The van der Waals surface area contributed by atoms with Crippen molar-refractivity contribution in [2.24, 2.45) is 0 Å². The number of hydrogen-bond donors (Lipinski definition) is 1. The number of rotatable bonds is 3. The molecule has 1 heterocycles. The lowest BCUT2D eigenvalue weighted by molar-refractivity contribution is 0.102. The number of nitrogens with zero attached hydrogens (tertiary/aromatic N) is 2. The van der Waals surface area contributed by atoms with Crippen molar-refractivity contribution in [1.29, 1.82) is 0 Å². The summed E-state index contributed by atoms with van der Waals surface area (Å²) in [4.78, 5) is 17.5. The first kappa shape index (κ1) is 14.3. The summed E-state index contributed by atoms with van der Waals surface area (Å²) in [5.41, 5.74) is 1.61. The molecule has 2 rings (SSSR count). The number of benzene rings is 1. The zero-order valence-corrected chi connectivity index (χ0v) is 11.8. The lowest BCUT2D eigenvalue weighted by Crippen LogP contribution is -2.14. The number of halogens is 2. The van der Waals surface area contributed by atoms with Gasteiger partial charge in [0.1, 0.15) is 11.0 Å². The topological polar surface area (TPSA) is 45.2 Å². The van der Waals surface area contributed by atoms with Gasteiger partial charge in [-0.2, -0.15) is 0 Å². The molecule has 0 aliphatic rings. The average molecular weight is 294 g/mol. The van der Waals surface area contributed by atoms with Crippen LogP contribution in [0.2, 0.25) is 5.15 Å². The van der Waals surface area contributed by atoms with Gasteiger partial charge in [-0.1, -0.05) is 11.6 Å². The monoisotopic (exact) mass is 293 g/mol. The number of nitrogens with one attached hydrogen (secondary N) is 1. The van der Waals surface area contributed by atoms with Crippen LogP contribution in [0.4, 0.5) is 15.8 Å². The van der Waals surface area contributed by atoms with E-state index < -0.39 is 11.7 Å². The molecule has 0 bridgehead atoms. The van der Waals surface area contributed by atoms with Crippen LogP contribution in [-0.2, 0) is 0 Å². The highest BCUT2D eigenvalue weighted by atomic mass is 35.5. The van der Waals surface area contributed by atoms with Crippen LogP contribution in [-0.4, -0.2) is 25.0 Å². The van der Waals surface area contributed by atoms with E-state index in [0.717, 1.165) is 18.0 Å². The summed E-state index contributed by atoms with van der Waals surface area (Å²) in [6.45, 7) is 0. The average Bonchev–Trinajstić information content (AvgIpc) is 2.42. The minimum absolute atomic E-state index is 0.00310. The van der Waals surface area contributed by atoms with Crippen molar-refractivity contribution >= 4 is 28.9 Å². The molecule has 1 N–H and O–H groups in total. The second-order valence-electron chi connectivity index (χ2n) is 4.39. The smallest absolute Gasteiger partial charge is 0.258 e. The fourth-order valence-corrected chi connectivity index (χ4v) is 1.81. The van der Waals surface area contributed by atoms with Gasteiger partial charge in [-0.05, 0) is 30.3 Å². The predicted octanol–water partition coefficient (Wildman–Crippen LogP) is 3.19. The van der Waals surface area contributed by atoms with E-state index in [2.05, 4.69) is 10.3 Å². The Morgan fingerprint density at radius 1 is 1.30 bits per heavy atom. The van der Waals surface area contributed by atoms with Crippen molar-refractivity contribution in [3.8, 4) is 0 Å². The summed E-state index contributed by atoms with van der Waals surface area (Å²) in [5, 5.41) is 2.61. The Kier molecular flexibility index (Phi) is 4.20. The normalized spacial score (nSPS) is 10.2. The molecule has 4 nitrogen and oxygen atoms in total. The Bertz CT molecular complexity index is 629. The predicted molar refractivity (Wildman–Crippen MR) is 77.9 cm³/mol. The van der Waals surface area contributed by atoms with Gasteiger partial charge in [-0.15, -0.1) is 0 Å². The van der Waals surface area contributed by atoms with E-state index in [4.69, 9.17) is 11.6 Å².